The maximum atomic E-state index is 12.7. The van der Waals surface area contributed by atoms with E-state index in [-0.39, 0.29) is 18.0 Å². The molecule has 1 aromatic heterocycles. The van der Waals surface area contributed by atoms with Crippen molar-refractivity contribution in [3.63, 3.8) is 0 Å². The van der Waals surface area contributed by atoms with Crippen LogP contribution in [0.25, 0.3) is 5.69 Å². The molecule has 156 valence electrons. The Morgan fingerprint density at radius 1 is 1.10 bits per heavy atom. The molecule has 0 atom stereocenters. The van der Waals surface area contributed by atoms with Crippen molar-refractivity contribution in [1.29, 1.82) is 0 Å². The van der Waals surface area contributed by atoms with Crippen LogP contribution in [0.3, 0.4) is 0 Å². The number of carbonyl (C=O) groups excluding carboxylic acids is 2. The van der Waals surface area contributed by atoms with E-state index in [1.54, 1.807) is 17.0 Å². The molecule has 0 unspecified atom stereocenters. The Balaban J connectivity index is 1.69. The van der Waals surface area contributed by atoms with Gasteiger partial charge in [-0.05, 0) is 30.7 Å². The highest BCUT2D eigenvalue weighted by atomic mass is 35.5. The van der Waals surface area contributed by atoms with Crippen LogP contribution in [0.2, 0.25) is 5.02 Å². The molecule has 0 aliphatic rings. The molecular weight excluding hydrogens is 402 g/mol. The minimum atomic E-state index is -0.420. The van der Waals surface area contributed by atoms with Gasteiger partial charge in [0, 0.05) is 31.5 Å². The Morgan fingerprint density at radius 3 is 2.43 bits per heavy atom. The number of rotatable bonds is 8. The maximum Gasteiger partial charge on any atom is 0.255 e. The van der Waals surface area contributed by atoms with Gasteiger partial charge in [-0.1, -0.05) is 41.9 Å². The van der Waals surface area contributed by atoms with Crippen LogP contribution in [-0.4, -0.2) is 41.5 Å². The lowest BCUT2D eigenvalue weighted by Crippen LogP contribution is -2.39. The van der Waals surface area contributed by atoms with Crippen LogP contribution in [0.5, 0.6) is 5.75 Å². The van der Waals surface area contributed by atoms with E-state index >= 15 is 0 Å². The number of methoxy groups -OCH3 is 1. The van der Waals surface area contributed by atoms with E-state index in [4.69, 9.17) is 16.3 Å². The average molecular weight is 426 g/mol. The third-order valence-electron chi connectivity index (χ3n) is 4.75. The van der Waals surface area contributed by atoms with Crippen molar-refractivity contribution in [3.05, 3.63) is 83.1 Å². The van der Waals surface area contributed by atoms with Gasteiger partial charge in [0.05, 0.1) is 29.9 Å². The van der Waals surface area contributed by atoms with Gasteiger partial charge in [0.15, 0.2) is 0 Å². The Morgan fingerprint density at radius 2 is 1.80 bits per heavy atom. The SMILES string of the molecule is CCN(Cc1ccccc1)C(=O)CNC(=O)c1cc(Cl)c(-n2cccc2)cc1OC. The zero-order chi connectivity index (χ0) is 21.5. The lowest BCUT2D eigenvalue weighted by atomic mass is 10.1. The lowest BCUT2D eigenvalue weighted by molar-refractivity contribution is -0.130. The van der Waals surface area contributed by atoms with Crippen molar-refractivity contribution in [2.75, 3.05) is 20.2 Å². The fourth-order valence-electron chi connectivity index (χ4n) is 3.13. The number of halogens is 1. The quantitative estimate of drug-likeness (QED) is 0.595. The normalized spacial score (nSPS) is 10.5. The number of nitrogens with one attached hydrogen (secondary N) is 1. The summed E-state index contributed by atoms with van der Waals surface area (Å²) in [5.74, 6) is -0.203. The van der Waals surface area contributed by atoms with Gasteiger partial charge in [0.25, 0.3) is 5.91 Å². The second kappa shape index (κ2) is 9.98. The third kappa shape index (κ3) is 5.02. The molecule has 3 rings (SSSR count). The molecule has 0 aliphatic carbocycles. The van der Waals surface area contributed by atoms with E-state index in [9.17, 15) is 9.59 Å². The van der Waals surface area contributed by atoms with Gasteiger partial charge < -0.3 is 19.5 Å². The summed E-state index contributed by atoms with van der Waals surface area (Å²) in [6, 6.07) is 16.7. The first-order chi connectivity index (χ1) is 14.5. The van der Waals surface area contributed by atoms with Gasteiger partial charge in [-0.2, -0.15) is 0 Å². The van der Waals surface area contributed by atoms with Crippen LogP contribution in [0.15, 0.2) is 67.0 Å². The summed E-state index contributed by atoms with van der Waals surface area (Å²) in [6.45, 7) is 2.84. The Bertz CT molecular complexity index is 1000. The van der Waals surface area contributed by atoms with Crippen molar-refractivity contribution < 1.29 is 14.3 Å². The van der Waals surface area contributed by atoms with Crippen LogP contribution in [-0.2, 0) is 11.3 Å². The fourth-order valence-corrected chi connectivity index (χ4v) is 3.39. The Labute approximate surface area is 181 Å². The largest absolute Gasteiger partial charge is 0.496 e. The van der Waals surface area contributed by atoms with Crippen LogP contribution >= 0.6 is 11.6 Å². The molecule has 1 heterocycles. The third-order valence-corrected chi connectivity index (χ3v) is 5.05. The summed E-state index contributed by atoms with van der Waals surface area (Å²) in [5, 5.41) is 3.09. The van der Waals surface area contributed by atoms with Crippen LogP contribution in [0, 0.1) is 0 Å². The summed E-state index contributed by atoms with van der Waals surface area (Å²) in [4.78, 5) is 27.0. The zero-order valence-corrected chi connectivity index (χ0v) is 17.7. The molecule has 2 amide bonds. The van der Waals surface area contributed by atoms with Crippen LogP contribution in [0.4, 0.5) is 0 Å². The predicted octanol–water partition coefficient (Wildman–Crippen LogP) is 3.92. The van der Waals surface area contributed by atoms with Crippen LogP contribution in [0.1, 0.15) is 22.8 Å². The van der Waals surface area contributed by atoms with Gasteiger partial charge in [-0.3, -0.25) is 9.59 Å². The van der Waals surface area contributed by atoms with E-state index in [1.807, 2.05) is 66.3 Å². The Hall–Kier alpha value is -3.25. The standard InChI is InChI=1S/C23H24ClN3O3/c1-3-26(16-17-9-5-4-6-10-17)22(28)15-25-23(29)18-13-19(24)20(14-21(18)30-2)27-11-7-8-12-27/h4-14H,3,15-16H2,1-2H3,(H,25,29). The van der Waals surface area contributed by atoms with Crippen molar-refractivity contribution in [2.24, 2.45) is 0 Å². The smallest absolute Gasteiger partial charge is 0.255 e. The first-order valence-corrected chi connectivity index (χ1v) is 10.0. The zero-order valence-electron chi connectivity index (χ0n) is 17.0. The highest BCUT2D eigenvalue weighted by molar-refractivity contribution is 6.33. The van der Waals surface area contributed by atoms with Crippen molar-refractivity contribution in [3.8, 4) is 11.4 Å². The second-order valence-electron chi connectivity index (χ2n) is 6.67. The molecule has 0 saturated heterocycles. The molecule has 3 aromatic rings. The van der Waals surface area contributed by atoms with E-state index in [0.717, 1.165) is 5.56 Å². The average Bonchev–Trinajstić information content (AvgIpc) is 3.30. The van der Waals surface area contributed by atoms with E-state index < -0.39 is 5.91 Å². The molecular formula is C23H24ClN3O3. The van der Waals surface area contributed by atoms with E-state index in [2.05, 4.69) is 5.32 Å². The first kappa shape index (κ1) is 21.5. The second-order valence-corrected chi connectivity index (χ2v) is 7.08. The predicted molar refractivity (Wildman–Crippen MR) is 117 cm³/mol. The molecule has 7 heteroatoms. The highest BCUT2D eigenvalue weighted by Crippen LogP contribution is 2.30. The fraction of sp³-hybridized carbons (Fsp3) is 0.217. The van der Waals surface area contributed by atoms with Crippen molar-refractivity contribution in [2.45, 2.75) is 13.5 Å². The number of likely N-dealkylation sites (N-methyl/N-ethyl adjacent to an activating group) is 1. The summed E-state index contributed by atoms with van der Waals surface area (Å²) in [6.07, 6.45) is 3.70. The van der Waals surface area contributed by atoms with Gasteiger partial charge in [0.1, 0.15) is 5.75 Å². The minimum absolute atomic E-state index is 0.111. The monoisotopic (exact) mass is 425 g/mol. The number of ether oxygens (including phenoxy) is 1. The van der Waals surface area contributed by atoms with Gasteiger partial charge in [0.2, 0.25) is 5.91 Å². The van der Waals surface area contributed by atoms with E-state index in [1.165, 1.54) is 7.11 Å². The summed E-state index contributed by atoms with van der Waals surface area (Å²) < 4.78 is 7.22. The molecule has 0 radical (unpaired) electrons. The number of carbonyl (C=O) groups is 2. The maximum absolute atomic E-state index is 12.7. The first-order valence-electron chi connectivity index (χ1n) is 9.64. The van der Waals surface area contributed by atoms with E-state index in [0.29, 0.717) is 29.5 Å². The topological polar surface area (TPSA) is 63.6 Å². The molecule has 0 aliphatic heterocycles. The molecule has 6 nitrogen and oxygen atoms in total. The number of amides is 2. The molecule has 0 saturated carbocycles. The molecule has 0 fully saturated rings. The number of benzene rings is 2. The molecule has 30 heavy (non-hydrogen) atoms. The Kier molecular flexibility index (Phi) is 7.14. The van der Waals surface area contributed by atoms with Gasteiger partial charge in [-0.15, -0.1) is 0 Å². The summed E-state index contributed by atoms with van der Waals surface area (Å²) in [5.41, 5.74) is 2.01. The number of aromatic nitrogens is 1. The lowest BCUT2D eigenvalue weighted by Gasteiger charge is -2.21. The minimum Gasteiger partial charge on any atom is -0.496 e. The van der Waals surface area contributed by atoms with Gasteiger partial charge in [-0.25, -0.2) is 0 Å². The summed E-state index contributed by atoms with van der Waals surface area (Å²) in [7, 11) is 1.49. The number of hydrogen-bond acceptors (Lipinski definition) is 3. The van der Waals surface area contributed by atoms with Crippen molar-refractivity contribution in [1.82, 2.24) is 14.8 Å². The van der Waals surface area contributed by atoms with Gasteiger partial charge >= 0.3 is 0 Å². The molecule has 1 N–H and O–H groups in total. The highest BCUT2D eigenvalue weighted by Gasteiger charge is 2.19. The van der Waals surface area contributed by atoms with Crippen molar-refractivity contribution >= 4 is 23.4 Å². The van der Waals surface area contributed by atoms with Crippen LogP contribution < -0.4 is 10.1 Å². The molecule has 2 aromatic carbocycles. The molecule has 0 spiro atoms. The number of nitrogens with zero attached hydrogens (tertiary/aromatic N) is 2. The number of hydrogen-bond donors (Lipinski definition) is 1. The molecule has 0 bridgehead atoms. The summed E-state index contributed by atoms with van der Waals surface area (Å²) >= 11 is 6.39.